The van der Waals surface area contributed by atoms with Crippen LogP contribution in [0, 0.1) is 0 Å². The zero-order valence-corrected chi connectivity index (χ0v) is 12.7. The number of imidazole rings is 1. The maximum absolute atomic E-state index is 12.1. The molecule has 1 unspecified atom stereocenters. The first-order valence-corrected chi connectivity index (χ1v) is 7.36. The summed E-state index contributed by atoms with van der Waals surface area (Å²) in [5.74, 6) is 0.877. The summed E-state index contributed by atoms with van der Waals surface area (Å²) in [4.78, 5) is 20.0. The summed E-state index contributed by atoms with van der Waals surface area (Å²) >= 11 is 0. The number of ether oxygens (including phenoxy) is 1. The maximum atomic E-state index is 12.1. The molecule has 1 fully saturated rings. The van der Waals surface area contributed by atoms with Crippen molar-refractivity contribution in [1.29, 1.82) is 0 Å². The number of carbonyl (C=O) groups excluding carboxylic acids is 1. The largest absolute Gasteiger partial charge is 0.368 e. The van der Waals surface area contributed by atoms with Gasteiger partial charge < -0.3 is 15.0 Å². The van der Waals surface area contributed by atoms with Crippen LogP contribution in [-0.4, -0.2) is 28.6 Å². The number of benzene rings is 1. The van der Waals surface area contributed by atoms with Gasteiger partial charge in [0, 0.05) is 17.7 Å². The number of amides is 1. The fourth-order valence-corrected chi connectivity index (χ4v) is 2.45. The molecule has 1 saturated heterocycles. The van der Waals surface area contributed by atoms with Gasteiger partial charge in [-0.3, -0.25) is 4.79 Å². The van der Waals surface area contributed by atoms with Crippen molar-refractivity contribution in [1.82, 2.24) is 9.97 Å². The van der Waals surface area contributed by atoms with Crippen LogP contribution < -0.4 is 5.32 Å². The van der Waals surface area contributed by atoms with Crippen molar-refractivity contribution in [2.24, 2.45) is 0 Å². The number of fused-ring (bicyclic) bond motifs is 1. The molecule has 1 aromatic carbocycles. The second kappa shape index (κ2) is 5.15. The lowest BCUT2D eigenvalue weighted by molar-refractivity contribution is -0.124. The van der Waals surface area contributed by atoms with Gasteiger partial charge in [-0.25, -0.2) is 4.98 Å². The van der Waals surface area contributed by atoms with Crippen molar-refractivity contribution < 1.29 is 9.53 Å². The van der Waals surface area contributed by atoms with Gasteiger partial charge in [-0.1, -0.05) is 20.8 Å². The molecule has 1 aromatic heterocycles. The summed E-state index contributed by atoms with van der Waals surface area (Å²) in [6.07, 6.45) is 1.44. The number of aromatic nitrogens is 2. The highest BCUT2D eigenvalue weighted by molar-refractivity contribution is 5.96. The Hall–Kier alpha value is -1.88. The molecule has 112 valence electrons. The van der Waals surface area contributed by atoms with Gasteiger partial charge in [-0.15, -0.1) is 0 Å². The van der Waals surface area contributed by atoms with Crippen LogP contribution in [0.25, 0.3) is 11.0 Å². The van der Waals surface area contributed by atoms with E-state index in [0.717, 1.165) is 35.4 Å². The molecule has 2 heterocycles. The van der Waals surface area contributed by atoms with Crippen molar-refractivity contribution in [3.05, 3.63) is 24.0 Å². The molecule has 1 amide bonds. The lowest BCUT2D eigenvalue weighted by atomic mass is 9.96. The second-order valence-corrected chi connectivity index (χ2v) is 6.56. The first-order chi connectivity index (χ1) is 9.93. The average molecular weight is 287 g/mol. The summed E-state index contributed by atoms with van der Waals surface area (Å²) in [5, 5.41) is 2.91. The molecule has 1 atom stereocenters. The Morgan fingerprint density at radius 2 is 2.24 bits per heavy atom. The summed E-state index contributed by atoms with van der Waals surface area (Å²) in [7, 11) is 0. The van der Waals surface area contributed by atoms with Crippen molar-refractivity contribution >= 4 is 22.6 Å². The molecule has 0 radical (unpaired) electrons. The minimum absolute atomic E-state index is 0.0277. The monoisotopic (exact) mass is 287 g/mol. The number of nitrogens with one attached hydrogen (secondary N) is 2. The van der Waals surface area contributed by atoms with Crippen LogP contribution in [0.4, 0.5) is 5.69 Å². The van der Waals surface area contributed by atoms with Crippen LogP contribution in [0.5, 0.6) is 0 Å². The van der Waals surface area contributed by atoms with E-state index in [9.17, 15) is 4.79 Å². The molecule has 2 aromatic rings. The Kier molecular flexibility index (Phi) is 3.45. The van der Waals surface area contributed by atoms with Gasteiger partial charge in [0.1, 0.15) is 11.9 Å². The average Bonchev–Trinajstić information content (AvgIpc) is 3.06. The molecule has 1 aliphatic rings. The molecule has 0 aliphatic carbocycles. The number of anilines is 1. The van der Waals surface area contributed by atoms with Crippen LogP contribution in [0.2, 0.25) is 0 Å². The Balaban J connectivity index is 1.82. The highest BCUT2D eigenvalue weighted by Gasteiger charge is 2.24. The molecule has 0 saturated carbocycles. The van der Waals surface area contributed by atoms with Crippen LogP contribution in [0.1, 0.15) is 39.4 Å². The fraction of sp³-hybridized carbons (Fsp3) is 0.500. The summed E-state index contributed by atoms with van der Waals surface area (Å²) in [6.45, 7) is 7.02. The van der Waals surface area contributed by atoms with E-state index in [-0.39, 0.29) is 17.4 Å². The molecule has 5 heteroatoms. The van der Waals surface area contributed by atoms with Crippen molar-refractivity contribution in [2.45, 2.75) is 45.1 Å². The van der Waals surface area contributed by atoms with E-state index in [1.807, 2.05) is 18.2 Å². The molecule has 3 rings (SSSR count). The van der Waals surface area contributed by atoms with Crippen molar-refractivity contribution in [3.8, 4) is 0 Å². The maximum Gasteiger partial charge on any atom is 0.253 e. The third-order valence-corrected chi connectivity index (χ3v) is 3.68. The Labute approximate surface area is 124 Å². The molecular formula is C16H21N3O2. The molecule has 5 nitrogen and oxygen atoms in total. The van der Waals surface area contributed by atoms with E-state index >= 15 is 0 Å². The van der Waals surface area contributed by atoms with Gasteiger partial charge in [0.15, 0.2) is 0 Å². The Bertz CT molecular complexity index is 664. The number of aromatic amines is 1. The quantitative estimate of drug-likeness (QED) is 0.892. The third-order valence-electron chi connectivity index (χ3n) is 3.68. The summed E-state index contributed by atoms with van der Waals surface area (Å²) < 4.78 is 5.39. The van der Waals surface area contributed by atoms with E-state index in [2.05, 4.69) is 36.1 Å². The molecular weight excluding hydrogens is 266 g/mol. The van der Waals surface area contributed by atoms with Crippen LogP contribution in [0.15, 0.2) is 18.2 Å². The smallest absolute Gasteiger partial charge is 0.253 e. The lowest BCUT2D eigenvalue weighted by Crippen LogP contribution is -2.26. The molecule has 0 bridgehead atoms. The number of H-pyrrole nitrogens is 1. The Morgan fingerprint density at radius 1 is 1.43 bits per heavy atom. The molecule has 0 spiro atoms. The van der Waals surface area contributed by atoms with E-state index in [4.69, 9.17) is 4.74 Å². The molecule has 21 heavy (non-hydrogen) atoms. The third kappa shape index (κ3) is 2.93. The minimum Gasteiger partial charge on any atom is -0.368 e. The van der Waals surface area contributed by atoms with Crippen LogP contribution in [-0.2, 0) is 14.9 Å². The number of hydrogen-bond acceptors (Lipinski definition) is 3. The predicted molar refractivity (Wildman–Crippen MR) is 82.4 cm³/mol. The van der Waals surface area contributed by atoms with Gasteiger partial charge in [0.2, 0.25) is 0 Å². The number of carbonyl (C=O) groups is 1. The van der Waals surface area contributed by atoms with E-state index in [1.54, 1.807) is 0 Å². The van der Waals surface area contributed by atoms with Gasteiger partial charge in [-0.2, -0.15) is 0 Å². The standard InChI is InChI=1S/C16H21N3O2/c1-16(2,3)15-18-11-7-6-10(9-12(11)19-15)17-14(20)13-5-4-8-21-13/h6-7,9,13H,4-5,8H2,1-3H3,(H,17,20)(H,18,19). The first-order valence-electron chi connectivity index (χ1n) is 7.36. The summed E-state index contributed by atoms with van der Waals surface area (Å²) in [6, 6.07) is 5.72. The van der Waals surface area contributed by atoms with Gasteiger partial charge >= 0.3 is 0 Å². The zero-order valence-electron chi connectivity index (χ0n) is 12.7. The highest BCUT2D eigenvalue weighted by Crippen LogP contribution is 2.24. The minimum atomic E-state index is -0.312. The number of rotatable bonds is 2. The van der Waals surface area contributed by atoms with Gasteiger partial charge in [0.05, 0.1) is 11.0 Å². The highest BCUT2D eigenvalue weighted by atomic mass is 16.5. The van der Waals surface area contributed by atoms with E-state index < -0.39 is 0 Å². The number of nitrogens with zero attached hydrogens (tertiary/aromatic N) is 1. The topological polar surface area (TPSA) is 67.0 Å². The normalized spacial score (nSPS) is 19.1. The predicted octanol–water partition coefficient (Wildman–Crippen LogP) is 2.98. The fourth-order valence-electron chi connectivity index (χ4n) is 2.45. The zero-order chi connectivity index (χ0) is 15.0. The van der Waals surface area contributed by atoms with Gasteiger partial charge in [0.25, 0.3) is 5.91 Å². The second-order valence-electron chi connectivity index (χ2n) is 6.56. The molecule has 1 aliphatic heterocycles. The van der Waals surface area contributed by atoms with E-state index in [0.29, 0.717) is 6.61 Å². The van der Waals surface area contributed by atoms with E-state index in [1.165, 1.54) is 0 Å². The Morgan fingerprint density at radius 3 is 2.90 bits per heavy atom. The van der Waals surface area contributed by atoms with Crippen LogP contribution in [0.3, 0.4) is 0 Å². The summed E-state index contributed by atoms with van der Waals surface area (Å²) in [5.41, 5.74) is 2.59. The van der Waals surface area contributed by atoms with Crippen LogP contribution >= 0.6 is 0 Å². The number of hydrogen-bond donors (Lipinski definition) is 2. The molecule has 2 N–H and O–H groups in total. The van der Waals surface area contributed by atoms with Crippen molar-refractivity contribution in [3.63, 3.8) is 0 Å². The van der Waals surface area contributed by atoms with Crippen molar-refractivity contribution in [2.75, 3.05) is 11.9 Å². The SMILES string of the molecule is CC(C)(C)c1nc2ccc(NC(=O)C3CCCO3)cc2[nH]1. The van der Waals surface area contributed by atoms with Gasteiger partial charge in [-0.05, 0) is 31.0 Å². The lowest BCUT2D eigenvalue weighted by Gasteiger charge is -2.13. The first kappa shape index (κ1) is 14.1.